The molecule has 6 atom stereocenters. The molecule has 2 N–H and O–H groups in total. The van der Waals surface area contributed by atoms with Crippen LogP contribution >= 0.6 is 0 Å². The summed E-state index contributed by atoms with van der Waals surface area (Å²) in [6.45, 7) is 4.86. The number of hydrogen-bond donors (Lipinski definition) is 2. The first kappa shape index (κ1) is 32.5. The number of carbonyl (C=O) groups is 2. The Morgan fingerprint density at radius 2 is 2.06 bits per heavy atom. The first-order chi connectivity index (χ1) is 23.1. The third-order valence-electron chi connectivity index (χ3n) is 10.8. The van der Waals surface area contributed by atoms with Crippen LogP contribution in [0.1, 0.15) is 72.6 Å². The van der Waals surface area contributed by atoms with Gasteiger partial charge in [-0.25, -0.2) is 14.5 Å². The summed E-state index contributed by atoms with van der Waals surface area (Å²) >= 11 is 0. The van der Waals surface area contributed by atoms with Crippen molar-refractivity contribution in [3.05, 3.63) is 41.2 Å². The molecule has 4 aliphatic rings. The van der Waals surface area contributed by atoms with Crippen LogP contribution in [0, 0.1) is 41.4 Å². The number of halogens is 3. The van der Waals surface area contributed by atoms with Gasteiger partial charge in [0.05, 0.1) is 48.5 Å². The van der Waals surface area contributed by atoms with E-state index in [1.165, 1.54) is 4.52 Å². The summed E-state index contributed by atoms with van der Waals surface area (Å²) in [4.78, 5) is 38.4. The third kappa shape index (κ3) is 6.27. The third-order valence-corrected chi connectivity index (χ3v) is 10.8. The molecule has 7 rings (SSSR count). The zero-order valence-electron chi connectivity index (χ0n) is 26.9. The summed E-state index contributed by atoms with van der Waals surface area (Å²) in [5.74, 6) is 0.558. The molecule has 0 bridgehead atoms. The molecule has 12 nitrogen and oxygen atoms in total. The fraction of sp³-hybridized carbons (Fsp3) is 0.636. The lowest BCUT2D eigenvalue weighted by Gasteiger charge is -2.32. The van der Waals surface area contributed by atoms with E-state index < -0.39 is 36.5 Å². The minimum atomic E-state index is -4.41. The van der Waals surface area contributed by atoms with Crippen molar-refractivity contribution in [3.63, 3.8) is 0 Å². The highest BCUT2D eigenvalue weighted by Gasteiger charge is 2.62. The maximum atomic E-state index is 13.7. The summed E-state index contributed by atoms with van der Waals surface area (Å²) in [7, 11) is 0. The topological polar surface area (TPSA) is 132 Å². The molecule has 2 unspecified atom stereocenters. The first-order valence-corrected chi connectivity index (χ1v) is 16.8. The molecule has 2 aliphatic carbocycles. The molecule has 5 heterocycles. The standard InChI is InChI=1S/C33H40F3N9O3/c1-3-20-5-7-32(16-22(32)13-20)28(41-30(47)27-6-8-38-44(27)4-2)26-19-45-31(40-26)39-25(18-43-9-11-48-12-10-43)24(42-45)15-21-14-23(33(34,35)36)17-37-29(21)46/h1,6,8,19-23,28H,4-5,7,9-18H2,2H3,(H,37,46)(H,41,47)/t20-,21-,22?,23-,28-,32?/m1/s1. The number of terminal acetylenes is 1. The predicted octanol–water partition coefficient (Wildman–Crippen LogP) is 2.94. The van der Waals surface area contributed by atoms with E-state index in [4.69, 9.17) is 26.2 Å². The maximum absolute atomic E-state index is 13.7. The fourth-order valence-corrected chi connectivity index (χ4v) is 7.93. The lowest BCUT2D eigenvalue weighted by molar-refractivity contribution is -0.183. The largest absolute Gasteiger partial charge is 0.393 e. The number of imidazole rings is 1. The Hall–Kier alpha value is -4.03. The number of alkyl halides is 3. The van der Waals surface area contributed by atoms with Crippen molar-refractivity contribution in [1.82, 2.24) is 44.9 Å². The van der Waals surface area contributed by atoms with Crippen molar-refractivity contribution in [1.29, 1.82) is 0 Å². The zero-order chi connectivity index (χ0) is 33.6. The monoisotopic (exact) mass is 667 g/mol. The molecule has 0 aromatic carbocycles. The van der Waals surface area contributed by atoms with Crippen LogP contribution in [-0.2, 0) is 29.0 Å². The molecule has 0 spiro atoms. The van der Waals surface area contributed by atoms with Gasteiger partial charge in [-0.2, -0.15) is 23.4 Å². The van der Waals surface area contributed by atoms with E-state index >= 15 is 0 Å². The van der Waals surface area contributed by atoms with Crippen LogP contribution in [0.5, 0.6) is 0 Å². The van der Waals surface area contributed by atoms with Gasteiger partial charge in [0.15, 0.2) is 0 Å². The Kier molecular flexibility index (Phi) is 8.65. The zero-order valence-corrected chi connectivity index (χ0v) is 26.9. The Bertz CT molecular complexity index is 1730. The number of fused-ring (bicyclic) bond motifs is 2. The minimum absolute atomic E-state index is 0.00913. The van der Waals surface area contributed by atoms with Crippen LogP contribution in [0.25, 0.3) is 5.78 Å². The number of amides is 2. The minimum Gasteiger partial charge on any atom is -0.379 e. The lowest BCUT2D eigenvalue weighted by Crippen LogP contribution is -2.47. The number of ether oxygens (including phenoxy) is 1. The SMILES string of the molecule is C#C[C@@H]1CCC2([C@H](NC(=O)c3ccnn3CC)c3cn4nc(C[C@H]5C[C@@H](C(F)(F)F)CNC5=O)c(CN5CCOCC5)nc4n3)CC2C1. The first-order valence-electron chi connectivity index (χ1n) is 16.8. The van der Waals surface area contributed by atoms with Crippen LogP contribution in [-0.4, -0.2) is 85.1 Å². The molecule has 3 aromatic rings. The van der Waals surface area contributed by atoms with E-state index in [2.05, 4.69) is 26.6 Å². The number of aryl methyl sites for hydroxylation is 1. The summed E-state index contributed by atoms with van der Waals surface area (Å²) in [6, 6.07) is 1.25. The van der Waals surface area contributed by atoms with Crippen LogP contribution in [0.15, 0.2) is 18.5 Å². The van der Waals surface area contributed by atoms with E-state index in [0.29, 0.717) is 73.9 Å². The van der Waals surface area contributed by atoms with Gasteiger partial charge in [-0.1, -0.05) is 0 Å². The van der Waals surface area contributed by atoms with Gasteiger partial charge in [0.1, 0.15) is 5.69 Å². The Morgan fingerprint density at radius 3 is 2.79 bits per heavy atom. The number of carbonyl (C=O) groups excluding carboxylic acids is 2. The highest BCUT2D eigenvalue weighted by atomic mass is 19.4. The smallest absolute Gasteiger partial charge is 0.379 e. The van der Waals surface area contributed by atoms with Crippen molar-refractivity contribution in [2.45, 2.75) is 70.8 Å². The number of rotatable bonds is 9. The number of aromatic nitrogens is 6. The maximum Gasteiger partial charge on any atom is 0.393 e. The molecule has 48 heavy (non-hydrogen) atoms. The second kappa shape index (κ2) is 12.8. The molecule has 0 radical (unpaired) electrons. The van der Waals surface area contributed by atoms with Crippen molar-refractivity contribution >= 4 is 17.6 Å². The van der Waals surface area contributed by atoms with Gasteiger partial charge in [0.25, 0.3) is 11.7 Å². The quantitative estimate of drug-likeness (QED) is 0.333. The van der Waals surface area contributed by atoms with Gasteiger partial charge >= 0.3 is 6.18 Å². The van der Waals surface area contributed by atoms with E-state index in [0.717, 1.165) is 25.7 Å². The molecule has 2 aliphatic heterocycles. The van der Waals surface area contributed by atoms with Crippen LogP contribution < -0.4 is 10.6 Å². The molecule has 3 aromatic heterocycles. The molecule has 15 heteroatoms. The van der Waals surface area contributed by atoms with Gasteiger partial charge in [0.2, 0.25) is 5.91 Å². The number of piperidine rings is 1. The number of nitrogens with one attached hydrogen (secondary N) is 2. The Labute approximate surface area is 276 Å². The van der Waals surface area contributed by atoms with E-state index in [1.807, 2.05) is 6.92 Å². The number of hydrogen-bond acceptors (Lipinski definition) is 8. The summed E-state index contributed by atoms with van der Waals surface area (Å²) < 4.78 is 49.6. The highest BCUT2D eigenvalue weighted by Crippen LogP contribution is 2.68. The van der Waals surface area contributed by atoms with E-state index in [1.54, 1.807) is 23.1 Å². The molecule has 2 saturated carbocycles. The average Bonchev–Trinajstić information content (AvgIpc) is 3.37. The molecule has 2 saturated heterocycles. The highest BCUT2D eigenvalue weighted by molar-refractivity contribution is 5.92. The fourth-order valence-electron chi connectivity index (χ4n) is 7.93. The number of nitrogens with zero attached hydrogens (tertiary/aromatic N) is 7. The second-order valence-electron chi connectivity index (χ2n) is 13.6. The van der Waals surface area contributed by atoms with Crippen molar-refractivity contribution in [2.75, 3.05) is 32.8 Å². The van der Waals surface area contributed by atoms with Crippen LogP contribution in [0.4, 0.5) is 13.2 Å². The van der Waals surface area contributed by atoms with Gasteiger partial charge in [0, 0.05) is 57.2 Å². The van der Waals surface area contributed by atoms with Crippen LogP contribution in [0.3, 0.4) is 0 Å². The van der Waals surface area contributed by atoms with Crippen molar-refractivity contribution in [3.8, 4) is 12.3 Å². The number of morpholine rings is 1. The molecular weight excluding hydrogens is 627 g/mol. The molecule has 256 valence electrons. The normalized spacial score (nSPS) is 28.4. The Morgan fingerprint density at radius 1 is 1.25 bits per heavy atom. The van der Waals surface area contributed by atoms with Gasteiger partial charge in [-0.3, -0.25) is 19.2 Å². The Balaban J connectivity index is 1.24. The van der Waals surface area contributed by atoms with Crippen molar-refractivity contribution in [2.24, 2.45) is 29.1 Å². The van der Waals surface area contributed by atoms with Gasteiger partial charge in [-0.05, 0) is 56.4 Å². The van der Waals surface area contributed by atoms with Gasteiger partial charge < -0.3 is 15.4 Å². The average molecular weight is 668 g/mol. The predicted molar refractivity (Wildman–Crippen MR) is 166 cm³/mol. The molecular formula is C33H40F3N9O3. The summed E-state index contributed by atoms with van der Waals surface area (Å²) in [6.07, 6.45) is 7.91. The van der Waals surface area contributed by atoms with Crippen LogP contribution in [0.2, 0.25) is 0 Å². The van der Waals surface area contributed by atoms with Gasteiger partial charge in [-0.15, -0.1) is 12.3 Å². The molecule has 4 fully saturated rings. The van der Waals surface area contributed by atoms with Crippen molar-refractivity contribution < 1.29 is 27.5 Å². The lowest BCUT2D eigenvalue weighted by atomic mass is 9.77. The second-order valence-corrected chi connectivity index (χ2v) is 13.6. The van der Waals surface area contributed by atoms with E-state index in [-0.39, 0.29) is 30.1 Å². The van der Waals surface area contributed by atoms with E-state index in [9.17, 15) is 22.8 Å². The molecule has 2 amide bonds. The summed E-state index contributed by atoms with van der Waals surface area (Å²) in [5, 5.41) is 14.8. The summed E-state index contributed by atoms with van der Waals surface area (Å²) in [5.41, 5.74) is 1.85.